The molecule has 1 fully saturated rings. The average molecular weight is 379 g/mol. The van der Waals surface area contributed by atoms with Crippen LogP contribution in [0.15, 0.2) is 42.6 Å². The number of nitrogens with one attached hydrogen (secondary N) is 1. The maximum Gasteiger partial charge on any atom is 0.309 e. The van der Waals surface area contributed by atoms with Gasteiger partial charge in [0, 0.05) is 18.0 Å². The number of carbonyl (C=O) groups is 2. The standard InChI is InChI=1S/C21H21N3O4/c1-24-16(13-6-4-5-7-18(13)27-2)8-12-9-19(22-11-17(12)24)23-20(25)14-10-15(14)21(26)28-3/h4-9,11,14-15H,10H2,1-3H3,(H,22,23,25)/t14-,15-/m0/s1. The predicted octanol–water partition coefficient (Wildman–Crippen LogP) is 3.00. The van der Waals surface area contributed by atoms with Crippen molar-refractivity contribution in [2.45, 2.75) is 6.42 Å². The Balaban J connectivity index is 1.60. The van der Waals surface area contributed by atoms with Crippen LogP contribution in [-0.2, 0) is 21.4 Å². The summed E-state index contributed by atoms with van der Waals surface area (Å²) in [6.07, 6.45) is 2.25. The number of para-hydroxylation sites is 1. The Bertz CT molecular complexity index is 1070. The average Bonchev–Trinajstić information content (AvgIpc) is 3.46. The maximum absolute atomic E-state index is 12.3. The molecule has 2 atom stereocenters. The monoisotopic (exact) mass is 379 g/mol. The molecule has 144 valence electrons. The van der Waals surface area contributed by atoms with Crippen molar-refractivity contribution in [2.75, 3.05) is 19.5 Å². The van der Waals surface area contributed by atoms with Crippen LogP contribution in [0.5, 0.6) is 5.75 Å². The smallest absolute Gasteiger partial charge is 0.309 e. The van der Waals surface area contributed by atoms with Crippen molar-refractivity contribution in [1.29, 1.82) is 0 Å². The Morgan fingerprint density at radius 2 is 1.96 bits per heavy atom. The Hall–Kier alpha value is -3.35. The molecule has 28 heavy (non-hydrogen) atoms. The van der Waals surface area contributed by atoms with Crippen LogP contribution in [0.4, 0.5) is 5.82 Å². The molecule has 2 heterocycles. The number of fused-ring (bicyclic) bond motifs is 1. The van der Waals surface area contributed by atoms with Gasteiger partial charge in [-0.25, -0.2) is 4.98 Å². The first-order valence-corrected chi connectivity index (χ1v) is 9.01. The molecular weight excluding hydrogens is 358 g/mol. The molecule has 1 aliphatic rings. The van der Waals surface area contributed by atoms with E-state index in [0.717, 1.165) is 27.9 Å². The Morgan fingerprint density at radius 3 is 2.71 bits per heavy atom. The van der Waals surface area contributed by atoms with E-state index in [-0.39, 0.29) is 23.7 Å². The summed E-state index contributed by atoms with van der Waals surface area (Å²) in [5.74, 6) is 0.0198. The van der Waals surface area contributed by atoms with Crippen molar-refractivity contribution < 1.29 is 19.1 Å². The number of rotatable bonds is 5. The predicted molar refractivity (Wildman–Crippen MR) is 105 cm³/mol. The minimum absolute atomic E-state index is 0.205. The van der Waals surface area contributed by atoms with Gasteiger partial charge in [0.05, 0.1) is 43.5 Å². The van der Waals surface area contributed by atoms with Crippen molar-refractivity contribution in [2.24, 2.45) is 18.9 Å². The van der Waals surface area contributed by atoms with Gasteiger partial charge in [0.1, 0.15) is 11.6 Å². The van der Waals surface area contributed by atoms with Gasteiger partial charge in [0.2, 0.25) is 5.91 Å². The largest absolute Gasteiger partial charge is 0.496 e. The Kier molecular flexibility index (Phi) is 4.50. The highest BCUT2D eigenvalue weighted by Gasteiger charge is 2.49. The van der Waals surface area contributed by atoms with Crippen molar-refractivity contribution in [3.63, 3.8) is 0 Å². The van der Waals surface area contributed by atoms with Gasteiger partial charge in [-0.15, -0.1) is 0 Å². The number of aryl methyl sites for hydroxylation is 1. The normalized spacial score (nSPS) is 18.0. The third-order valence-electron chi connectivity index (χ3n) is 5.19. The van der Waals surface area contributed by atoms with Crippen LogP contribution in [0.2, 0.25) is 0 Å². The number of amides is 1. The van der Waals surface area contributed by atoms with Crippen molar-refractivity contribution >= 4 is 28.6 Å². The number of ether oxygens (including phenoxy) is 2. The quantitative estimate of drug-likeness (QED) is 0.689. The van der Waals surface area contributed by atoms with E-state index in [4.69, 9.17) is 9.47 Å². The molecule has 1 saturated carbocycles. The molecule has 2 aromatic heterocycles. The number of nitrogens with zero attached hydrogens (tertiary/aromatic N) is 2. The topological polar surface area (TPSA) is 82.5 Å². The summed E-state index contributed by atoms with van der Waals surface area (Å²) < 4.78 is 12.2. The van der Waals surface area contributed by atoms with Crippen LogP contribution in [0, 0.1) is 11.8 Å². The highest BCUT2D eigenvalue weighted by molar-refractivity contribution is 5.99. The molecule has 0 saturated heterocycles. The highest BCUT2D eigenvalue weighted by atomic mass is 16.5. The number of anilines is 1. The Morgan fingerprint density at radius 1 is 1.18 bits per heavy atom. The highest BCUT2D eigenvalue weighted by Crippen LogP contribution is 2.40. The van der Waals surface area contributed by atoms with Crippen molar-refractivity contribution in [1.82, 2.24) is 9.55 Å². The van der Waals surface area contributed by atoms with Crippen LogP contribution in [-0.4, -0.2) is 35.6 Å². The SMILES string of the molecule is COC(=O)[C@H]1C[C@@H]1C(=O)Nc1cc2cc(-c3ccccc3OC)n(C)c2cn1. The third-order valence-corrected chi connectivity index (χ3v) is 5.19. The second-order valence-corrected chi connectivity index (χ2v) is 6.88. The number of pyridine rings is 1. The molecular formula is C21H21N3O4. The molecule has 3 aromatic rings. The lowest BCUT2D eigenvalue weighted by Crippen LogP contribution is -2.18. The zero-order valence-corrected chi connectivity index (χ0v) is 15.9. The number of esters is 1. The molecule has 0 bridgehead atoms. The summed E-state index contributed by atoms with van der Waals surface area (Å²) in [5, 5.41) is 3.76. The molecule has 0 spiro atoms. The summed E-state index contributed by atoms with van der Waals surface area (Å²) in [7, 11) is 4.95. The van der Waals surface area contributed by atoms with Gasteiger partial charge in [0.25, 0.3) is 0 Å². The summed E-state index contributed by atoms with van der Waals surface area (Å²) in [6.45, 7) is 0. The summed E-state index contributed by atoms with van der Waals surface area (Å²) >= 11 is 0. The van der Waals surface area contributed by atoms with Crippen molar-refractivity contribution in [3.8, 4) is 17.0 Å². The molecule has 1 aromatic carbocycles. The van der Waals surface area contributed by atoms with E-state index in [1.54, 1.807) is 13.3 Å². The molecule has 7 nitrogen and oxygen atoms in total. The minimum Gasteiger partial charge on any atom is -0.496 e. The number of aromatic nitrogens is 2. The first-order valence-electron chi connectivity index (χ1n) is 9.01. The van der Waals surface area contributed by atoms with Crippen LogP contribution in [0.3, 0.4) is 0 Å². The second kappa shape index (κ2) is 6.99. The van der Waals surface area contributed by atoms with E-state index < -0.39 is 0 Å². The summed E-state index contributed by atoms with van der Waals surface area (Å²) in [5.41, 5.74) is 2.91. The molecule has 1 amide bonds. The minimum atomic E-state index is -0.345. The number of methoxy groups -OCH3 is 2. The van der Waals surface area contributed by atoms with E-state index >= 15 is 0 Å². The molecule has 1 aliphatic carbocycles. The number of hydrogen-bond donors (Lipinski definition) is 1. The molecule has 7 heteroatoms. The zero-order valence-electron chi connectivity index (χ0n) is 15.9. The fourth-order valence-corrected chi connectivity index (χ4v) is 3.53. The molecule has 1 N–H and O–H groups in total. The van der Waals surface area contributed by atoms with E-state index in [1.807, 2.05) is 48.0 Å². The second-order valence-electron chi connectivity index (χ2n) is 6.88. The van der Waals surface area contributed by atoms with E-state index in [0.29, 0.717) is 12.2 Å². The van der Waals surface area contributed by atoms with Gasteiger partial charge >= 0.3 is 5.97 Å². The number of hydrogen-bond acceptors (Lipinski definition) is 5. The van der Waals surface area contributed by atoms with E-state index in [1.165, 1.54) is 7.11 Å². The van der Waals surface area contributed by atoms with Gasteiger partial charge < -0.3 is 19.4 Å². The fourth-order valence-electron chi connectivity index (χ4n) is 3.53. The van der Waals surface area contributed by atoms with Crippen LogP contribution < -0.4 is 10.1 Å². The number of carbonyl (C=O) groups excluding carboxylic acids is 2. The molecule has 0 unspecified atom stereocenters. The first-order chi connectivity index (χ1) is 13.5. The lowest BCUT2D eigenvalue weighted by atomic mass is 10.1. The lowest BCUT2D eigenvalue weighted by Gasteiger charge is -2.09. The van der Waals surface area contributed by atoms with Crippen LogP contribution >= 0.6 is 0 Å². The molecule has 0 aliphatic heterocycles. The third kappa shape index (κ3) is 3.09. The van der Waals surface area contributed by atoms with Crippen LogP contribution in [0.1, 0.15) is 6.42 Å². The lowest BCUT2D eigenvalue weighted by molar-refractivity contribution is -0.143. The molecule has 4 rings (SSSR count). The first kappa shape index (κ1) is 18.0. The van der Waals surface area contributed by atoms with Crippen molar-refractivity contribution in [3.05, 3.63) is 42.6 Å². The fraction of sp³-hybridized carbons (Fsp3) is 0.286. The summed E-state index contributed by atoms with van der Waals surface area (Å²) in [6, 6.07) is 11.7. The van der Waals surface area contributed by atoms with Crippen LogP contribution in [0.25, 0.3) is 22.2 Å². The zero-order chi connectivity index (χ0) is 19.8. The summed E-state index contributed by atoms with van der Waals surface area (Å²) in [4.78, 5) is 28.2. The van der Waals surface area contributed by atoms with Gasteiger partial charge in [-0.05, 0) is 30.7 Å². The van der Waals surface area contributed by atoms with Gasteiger partial charge in [-0.1, -0.05) is 12.1 Å². The van der Waals surface area contributed by atoms with Gasteiger partial charge in [-0.2, -0.15) is 0 Å². The van der Waals surface area contributed by atoms with Gasteiger partial charge in [0.15, 0.2) is 0 Å². The van der Waals surface area contributed by atoms with E-state index in [2.05, 4.69) is 10.3 Å². The molecule has 0 radical (unpaired) electrons. The number of benzene rings is 1. The van der Waals surface area contributed by atoms with Gasteiger partial charge in [-0.3, -0.25) is 9.59 Å². The van der Waals surface area contributed by atoms with E-state index in [9.17, 15) is 9.59 Å². The maximum atomic E-state index is 12.3. The Labute approximate surface area is 162 Å².